The number of rotatable bonds is 2. The van der Waals surface area contributed by atoms with Crippen molar-refractivity contribution in [2.45, 2.75) is 0 Å². The molecular weight excluding hydrogens is 232 g/mol. The molecule has 0 aliphatic rings. The highest BCUT2D eigenvalue weighted by molar-refractivity contribution is 7.08. The normalized spacial score (nSPS) is 10.6. The van der Waals surface area contributed by atoms with Gasteiger partial charge in [0.1, 0.15) is 5.69 Å². The number of aromatic nitrogens is 2. The van der Waals surface area contributed by atoms with E-state index in [1.165, 1.54) is 17.5 Å². The van der Waals surface area contributed by atoms with Gasteiger partial charge in [0.05, 0.1) is 17.2 Å². The van der Waals surface area contributed by atoms with E-state index in [-0.39, 0.29) is 5.78 Å². The summed E-state index contributed by atoms with van der Waals surface area (Å²) in [6.07, 6.45) is 1.53. The lowest BCUT2D eigenvalue weighted by atomic mass is 10.1. The Labute approximate surface area is 102 Å². The predicted octanol–water partition coefficient (Wildman–Crippen LogP) is 2.92. The number of carbonyl (C=O) groups is 1. The summed E-state index contributed by atoms with van der Waals surface area (Å²) in [6, 6.07) is 9.31. The third-order valence-electron chi connectivity index (χ3n) is 2.46. The maximum absolute atomic E-state index is 12.1. The van der Waals surface area contributed by atoms with E-state index in [4.69, 9.17) is 0 Å². The van der Waals surface area contributed by atoms with Gasteiger partial charge in [0.2, 0.25) is 5.78 Å². The van der Waals surface area contributed by atoms with E-state index in [2.05, 4.69) is 9.97 Å². The molecule has 0 aliphatic carbocycles. The highest BCUT2D eigenvalue weighted by atomic mass is 32.1. The van der Waals surface area contributed by atoms with Crippen molar-refractivity contribution in [3.8, 4) is 0 Å². The first kappa shape index (κ1) is 10.1. The molecule has 0 atom stereocenters. The minimum absolute atomic E-state index is 0.0792. The minimum Gasteiger partial charge on any atom is -0.287 e. The van der Waals surface area contributed by atoms with Gasteiger partial charge in [0.15, 0.2) is 0 Å². The van der Waals surface area contributed by atoms with Crippen LogP contribution in [0.25, 0.3) is 11.0 Å². The zero-order valence-corrected chi connectivity index (χ0v) is 9.65. The summed E-state index contributed by atoms with van der Waals surface area (Å²) in [5.41, 5.74) is 2.60. The molecule has 82 valence electrons. The zero-order valence-electron chi connectivity index (χ0n) is 8.83. The molecular formula is C13H8N2OS. The summed E-state index contributed by atoms with van der Waals surface area (Å²) in [4.78, 5) is 20.6. The molecule has 3 aromatic rings. The molecule has 17 heavy (non-hydrogen) atoms. The molecule has 0 aliphatic heterocycles. The first-order valence-electron chi connectivity index (χ1n) is 5.13. The number of hydrogen-bond donors (Lipinski definition) is 0. The molecule has 3 rings (SSSR count). The maximum Gasteiger partial charge on any atom is 0.213 e. The average Bonchev–Trinajstić information content (AvgIpc) is 2.91. The fourth-order valence-electron chi connectivity index (χ4n) is 1.61. The van der Waals surface area contributed by atoms with Crippen LogP contribution >= 0.6 is 11.3 Å². The molecule has 0 fully saturated rings. The molecule has 2 heterocycles. The summed E-state index contributed by atoms with van der Waals surface area (Å²) in [7, 11) is 0. The van der Waals surface area contributed by atoms with E-state index in [1.807, 2.05) is 35.0 Å². The van der Waals surface area contributed by atoms with E-state index in [0.29, 0.717) is 11.3 Å². The smallest absolute Gasteiger partial charge is 0.213 e. The predicted molar refractivity (Wildman–Crippen MR) is 67.3 cm³/mol. The van der Waals surface area contributed by atoms with Crippen molar-refractivity contribution in [2.75, 3.05) is 0 Å². The van der Waals surface area contributed by atoms with Crippen LogP contribution < -0.4 is 0 Å². The Morgan fingerprint density at radius 1 is 1.12 bits per heavy atom. The number of nitrogens with zero attached hydrogens (tertiary/aromatic N) is 2. The number of ketones is 1. The summed E-state index contributed by atoms with van der Waals surface area (Å²) in [5.74, 6) is -0.0792. The molecule has 0 N–H and O–H groups in total. The van der Waals surface area contributed by atoms with Crippen molar-refractivity contribution in [3.05, 3.63) is 58.5 Å². The van der Waals surface area contributed by atoms with E-state index >= 15 is 0 Å². The number of fused-ring (bicyclic) bond motifs is 1. The Morgan fingerprint density at radius 3 is 2.71 bits per heavy atom. The first-order chi connectivity index (χ1) is 8.34. The lowest BCUT2D eigenvalue weighted by Gasteiger charge is -1.99. The number of thiophene rings is 1. The highest BCUT2D eigenvalue weighted by Gasteiger charge is 2.11. The summed E-state index contributed by atoms with van der Waals surface area (Å²) in [5, 5.41) is 3.70. The quantitative estimate of drug-likeness (QED) is 0.647. The van der Waals surface area contributed by atoms with Gasteiger partial charge in [0, 0.05) is 10.9 Å². The molecule has 0 saturated carbocycles. The number of benzene rings is 1. The van der Waals surface area contributed by atoms with E-state index in [1.54, 1.807) is 6.07 Å². The van der Waals surface area contributed by atoms with Crippen molar-refractivity contribution in [1.29, 1.82) is 0 Å². The van der Waals surface area contributed by atoms with Crippen LogP contribution in [0.1, 0.15) is 16.1 Å². The fourth-order valence-corrected chi connectivity index (χ4v) is 2.24. The van der Waals surface area contributed by atoms with Gasteiger partial charge in [-0.25, -0.2) is 4.98 Å². The molecule has 2 aromatic heterocycles. The van der Waals surface area contributed by atoms with E-state index in [0.717, 1.165) is 11.0 Å². The van der Waals surface area contributed by atoms with Gasteiger partial charge in [-0.1, -0.05) is 12.1 Å². The summed E-state index contributed by atoms with van der Waals surface area (Å²) in [6.45, 7) is 0. The molecule has 0 amide bonds. The van der Waals surface area contributed by atoms with E-state index < -0.39 is 0 Å². The Hall–Kier alpha value is -2.07. The Morgan fingerprint density at radius 2 is 1.94 bits per heavy atom. The van der Waals surface area contributed by atoms with Gasteiger partial charge < -0.3 is 0 Å². The molecule has 0 unspecified atom stereocenters. The third kappa shape index (κ3) is 1.83. The second-order valence-corrected chi connectivity index (χ2v) is 4.37. The Kier molecular flexibility index (Phi) is 2.42. The van der Waals surface area contributed by atoms with Gasteiger partial charge in [-0.2, -0.15) is 11.3 Å². The molecule has 0 spiro atoms. The van der Waals surface area contributed by atoms with Crippen molar-refractivity contribution >= 4 is 28.2 Å². The molecule has 3 nitrogen and oxygen atoms in total. The molecule has 4 heteroatoms. The molecule has 1 aromatic carbocycles. The van der Waals surface area contributed by atoms with Gasteiger partial charge >= 0.3 is 0 Å². The van der Waals surface area contributed by atoms with Gasteiger partial charge in [-0.15, -0.1) is 0 Å². The summed E-state index contributed by atoms with van der Waals surface area (Å²) >= 11 is 1.50. The van der Waals surface area contributed by atoms with Crippen LogP contribution in [0.3, 0.4) is 0 Å². The SMILES string of the molecule is O=C(c1ccsc1)c1cnc2ccccc2n1. The van der Waals surface area contributed by atoms with Crippen molar-refractivity contribution in [2.24, 2.45) is 0 Å². The highest BCUT2D eigenvalue weighted by Crippen LogP contribution is 2.13. The van der Waals surface area contributed by atoms with E-state index in [9.17, 15) is 4.79 Å². The standard InChI is InChI=1S/C13H8N2OS/c16-13(9-5-6-17-8-9)12-7-14-10-3-1-2-4-11(10)15-12/h1-8H. The Balaban J connectivity index is 2.09. The molecule has 0 bridgehead atoms. The second kappa shape index (κ2) is 4.07. The van der Waals surface area contributed by atoms with Crippen LogP contribution in [0.4, 0.5) is 0 Å². The lowest BCUT2D eigenvalue weighted by molar-refractivity contribution is 0.103. The van der Waals surface area contributed by atoms with Crippen LogP contribution in [-0.2, 0) is 0 Å². The molecule has 0 saturated heterocycles. The Bertz CT molecular complexity index is 677. The van der Waals surface area contributed by atoms with Crippen LogP contribution in [0.5, 0.6) is 0 Å². The third-order valence-corrected chi connectivity index (χ3v) is 3.15. The second-order valence-electron chi connectivity index (χ2n) is 3.59. The maximum atomic E-state index is 12.1. The lowest BCUT2D eigenvalue weighted by Crippen LogP contribution is -2.03. The number of carbonyl (C=O) groups excluding carboxylic acids is 1. The average molecular weight is 240 g/mol. The monoisotopic (exact) mass is 240 g/mol. The fraction of sp³-hybridized carbons (Fsp3) is 0. The van der Waals surface area contributed by atoms with Crippen LogP contribution in [0.15, 0.2) is 47.3 Å². The minimum atomic E-state index is -0.0792. The topological polar surface area (TPSA) is 42.9 Å². The van der Waals surface area contributed by atoms with Crippen LogP contribution in [-0.4, -0.2) is 15.8 Å². The summed E-state index contributed by atoms with van der Waals surface area (Å²) < 4.78 is 0. The molecule has 0 radical (unpaired) electrons. The van der Waals surface area contributed by atoms with Crippen LogP contribution in [0, 0.1) is 0 Å². The zero-order chi connectivity index (χ0) is 11.7. The van der Waals surface area contributed by atoms with Gasteiger partial charge in [-0.05, 0) is 23.6 Å². The van der Waals surface area contributed by atoms with Crippen molar-refractivity contribution in [3.63, 3.8) is 0 Å². The van der Waals surface area contributed by atoms with Gasteiger partial charge in [0.25, 0.3) is 0 Å². The first-order valence-corrected chi connectivity index (χ1v) is 6.07. The number of para-hydroxylation sites is 2. The van der Waals surface area contributed by atoms with Crippen LogP contribution in [0.2, 0.25) is 0 Å². The largest absolute Gasteiger partial charge is 0.287 e. The van der Waals surface area contributed by atoms with Crippen molar-refractivity contribution in [1.82, 2.24) is 9.97 Å². The number of hydrogen-bond acceptors (Lipinski definition) is 4. The van der Waals surface area contributed by atoms with Crippen molar-refractivity contribution < 1.29 is 4.79 Å². The van der Waals surface area contributed by atoms with Gasteiger partial charge in [-0.3, -0.25) is 9.78 Å².